The Bertz CT molecular complexity index is 345. The summed E-state index contributed by atoms with van der Waals surface area (Å²) in [6.07, 6.45) is 2.63. The summed E-state index contributed by atoms with van der Waals surface area (Å²) in [5, 5.41) is 0. The Hall–Kier alpha value is -1.22. The van der Waals surface area contributed by atoms with Gasteiger partial charge in [0.15, 0.2) is 11.5 Å². The summed E-state index contributed by atoms with van der Waals surface area (Å²) in [6.45, 7) is 1.95. The summed E-state index contributed by atoms with van der Waals surface area (Å²) in [7, 11) is 1.65. The molecule has 2 N–H and O–H groups in total. The van der Waals surface area contributed by atoms with Crippen molar-refractivity contribution in [3.05, 3.63) is 23.8 Å². The van der Waals surface area contributed by atoms with Gasteiger partial charge in [0.25, 0.3) is 0 Å². The summed E-state index contributed by atoms with van der Waals surface area (Å²) >= 11 is 0. The van der Waals surface area contributed by atoms with Crippen LogP contribution < -0.4 is 15.2 Å². The molecule has 0 saturated heterocycles. The molecule has 1 fully saturated rings. The second-order valence-electron chi connectivity index (χ2n) is 3.98. The standard InChI is InChI=1S/C12H17NO2/c1-8(13)10-4-3-5-11(14-2)12(10)15-9-6-7-9/h3-5,8-9H,6-7,13H2,1-2H3. The van der Waals surface area contributed by atoms with Crippen LogP contribution in [0.15, 0.2) is 18.2 Å². The van der Waals surface area contributed by atoms with Crippen molar-refractivity contribution in [2.45, 2.75) is 31.9 Å². The third-order valence-electron chi connectivity index (χ3n) is 2.53. The van der Waals surface area contributed by atoms with Gasteiger partial charge >= 0.3 is 0 Å². The molecule has 0 aromatic heterocycles. The molecule has 1 atom stereocenters. The van der Waals surface area contributed by atoms with Crippen LogP contribution in [0.3, 0.4) is 0 Å². The van der Waals surface area contributed by atoms with E-state index in [1.54, 1.807) is 7.11 Å². The average molecular weight is 207 g/mol. The minimum atomic E-state index is -0.0335. The van der Waals surface area contributed by atoms with Crippen LogP contribution in [0, 0.1) is 0 Å². The van der Waals surface area contributed by atoms with Crippen LogP contribution in [0.4, 0.5) is 0 Å². The van der Waals surface area contributed by atoms with E-state index in [4.69, 9.17) is 15.2 Å². The smallest absolute Gasteiger partial charge is 0.166 e. The zero-order valence-corrected chi connectivity index (χ0v) is 9.19. The molecule has 0 radical (unpaired) electrons. The van der Waals surface area contributed by atoms with Crippen molar-refractivity contribution in [2.24, 2.45) is 5.73 Å². The van der Waals surface area contributed by atoms with Crippen molar-refractivity contribution in [1.29, 1.82) is 0 Å². The highest BCUT2D eigenvalue weighted by Crippen LogP contribution is 2.38. The molecule has 3 nitrogen and oxygen atoms in total. The first kappa shape index (κ1) is 10.3. The molecule has 1 aliphatic rings. The summed E-state index contributed by atoms with van der Waals surface area (Å²) in [5.41, 5.74) is 6.91. The summed E-state index contributed by atoms with van der Waals surface area (Å²) < 4.78 is 11.1. The maximum Gasteiger partial charge on any atom is 0.166 e. The number of methoxy groups -OCH3 is 1. The fourth-order valence-electron chi connectivity index (χ4n) is 1.53. The molecular formula is C12H17NO2. The number of hydrogen-bond donors (Lipinski definition) is 1. The van der Waals surface area contributed by atoms with E-state index in [1.165, 1.54) is 0 Å². The molecule has 1 aliphatic carbocycles. The van der Waals surface area contributed by atoms with Gasteiger partial charge in [-0.1, -0.05) is 12.1 Å². The van der Waals surface area contributed by atoms with Crippen LogP contribution in [-0.4, -0.2) is 13.2 Å². The largest absolute Gasteiger partial charge is 0.493 e. The fourth-order valence-corrected chi connectivity index (χ4v) is 1.53. The van der Waals surface area contributed by atoms with Crippen LogP contribution in [0.25, 0.3) is 0 Å². The zero-order chi connectivity index (χ0) is 10.8. The third kappa shape index (κ3) is 2.23. The first-order valence-electron chi connectivity index (χ1n) is 5.31. The van der Waals surface area contributed by atoms with Gasteiger partial charge in [0.1, 0.15) is 0 Å². The molecule has 1 aromatic rings. The number of benzene rings is 1. The Morgan fingerprint density at radius 1 is 1.40 bits per heavy atom. The van der Waals surface area contributed by atoms with Gasteiger partial charge in [-0.3, -0.25) is 0 Å². The van der Waals surface area contributed by atoms with Gasteiger partial charge in [-0.05, 0) is 25.8 Å². The van der Waals surface area contributed by atoms with Crippen molar-refractivity contribution in [1.82, 2.24) is 0 Å². The predicted octanol–water partition coefficient (Wildman–Crippen LogP) is 2.26. The number of hydrogen-bond acceptors (Lipinski definition) is 3. The highest BCUT2D eigenvalue weighted by molar-refractivity contribution is 5.48. The number of rotatable bonds is 4. The second-order valence-corrected chi connectivity index (χ2v) is 3.98. The molecule has 3 heteroatoms. The van der Waals surface area contributed by atoms with Gasteiger partial charge in [0.05, 0.1) is 13.2 Å². The maximum atomic E-state index is 5.90. The zero-order valence-electron chi connectivity index (χ0n) is 9.19. The monoisotopic (exact) mass is 207 g/mol. The Balaban J connectivity index is 2.34. The van der Waals surface area contributed by atoms with Gasteiger partial charge < -0.3 is 15.2 Å². The lowest BCUT2D eigenvalue weighted by atomic mass is 10.1. The van der Waals surface area contributed by atoms with Gasteiger partial charge in [-0.2, -0.15) is 0 Å². The molecule has 1 saturated carbocycles. The fraction of sp³-hybridized carbons (Fsp3) is 0.500. The summed E-state index contributed by atoms with van der Waals surface area (Å²) in [6, 6.07) is 5.81. The molecule has 2 rings (SSSR count). The van der Waals surface area contributed by atoms with E-state index in [-0.39, 0.29) is 6.04 Å². The van der Waals surface area contributed by atoms with Crippen LogP contribution in [0.2, 0.25) is 0 Å². The quantitative estimate of drug-likeness (QED) is 0.823. The van der Waals surface area contributed by atoms with Gasteiger partial charge in [0.2, 0.25) is 0 Å². The van der Waals surface area contributed by atoms with Crippen LogP contribution >= 0.6 is 0 Å². The molecule has 1 aromatic carbocycles. The van der Waals surface area contributed by atoms with Crippen LogP contribution in [0.1, 0.15) is 31.4 Å². The van der Waals surface area contributed by atoms with Crippen molar-refractivity contribution >= 4 is 0 Å². The number of ether oxygens (including phenoxy) is 2. The van der Waals surface area contributed by atoms with E-state index in [9.17, 15) is 0 Å². The lowest BCUT2D eigenvalue weighted by Gasteiger charge is -2.16. The van der Waals surface area contributed by atoms with Crippen molar-refractivity contribution in [3.63, 3.8) is 0 Å². The normalized spacial score (nSPS) is 17.3. The SMILES string of the molecule is COc1cccc(C(C)N)c1OC1CC1. The van der Waals surface area contributed by atoms with E-state index in [0.29, 0.717) is 6.10 Å². The lowest BCUT2D eigenvalue weighted by molar-refractivity contribution is 0.278. The van der Waals surface area contributed by atoms with Crippen molar-refractivity contribution < 1.29 is 9.47 Å². The lowest BCUT2D eigenvalue weighted by Crippen LogP contribution is -2.09. The minimum Gasteiger partial charge on any atom is -0.493 e. The highest BCUT2D eigenvalue weighted by Gasteiger charge is 2.26. The first-order chi connectivity index (χ1) is 7.22. The van der Waals surface area contributed by atoms with E-state index >= 15 is 0 Å². The average Bonchev–Trinajstić information content (AvgIpc) is 3.01. The summed E-state index contributed by atoms with van der Waals surface area (Å²) in [4.78, 5) is 0. The second kappa shape index (κ2) is 4.11. The minimum absolute atomic E-state index is 0.0335. The number of para-hydroxylation sites is 1. The molecule has 0 amide bonds. The Morgan fingerprint density at radius 3 is 2.67 bits per heavy atom. The maximum absolute atomic E-state index is 5.90. The molecule has 0 heterocycles. The van der Waals surface area contributed by atoms with E-state index in [2.05, 4.69) is 0 Å². The predicted molar refractivity (Wildman–Crippen MR) is 59.2 cm³/mol. The van der Waals surface area contributed by atoms with E-state index < -0.39 is 0 Å². The van der Waals surface area contributed by atoms with E-state index in [0.717, 1.165) is 29.9 Å². The molecule has 0 aliphatic heterocycles. The van der Waals surface area contributed by atoms with E-state index in [1.807, 2.05) is 25.1 Å². The third-order valence-corrected chi connectivity index (χ3v) is 2.53. The Morgan fingerprint density at radius 2 is 2.13 bits per heavy atom. The molecule has 15 heavy (non-hydrogen) atoms. The Labute approximate surface area is 90.2 Å². The number of nitrogens with two attached hydrogens (primary N) is 1. The highest BCUT2D eigenvalue weighted by atomic mass is 16.5. The Kier molecular flexibility index (Phi) is 2.82. The molecule has 0 bridgehead atoms. The molecule has 0 spiro atoms. The molecule has 82 valence electrons. The topological polar surface area (TPSA) is 44.5 Å². The summed E-state index contributed by atoms with van der Waals surface area (Å²) in [5.74, 6) is 1.59. The van der Waals surface area contributed by atoms with Crippen LogP contribution in [-0.2, 0) is 0 Å². The van der Waals surface area contributed by atoms with Crippen LogP contribution in [0.5, 0.6) is 11.5 Å². The first-order valence-corrected chi connectivity index (χ1v) is 5.31. The molecule has 1 unspecified atom stereocenters. The van der Waals surface area contributed by atoms with Gasteiger partial charge in [-0.25, -0.2) is 0 Å². The van der Waals surface area contributed by atoms with Crippen molar-refractivity contribution in [3.8, 4) is 11.5 Å². The van der Waals surface area contributed by atoms with Gasteiger partial charge in [0, 0.05) is 11.6 Å². The van der Waals surface area contributed by atoms with Crippen molar-refractivity contribution in [2.75, 3.05) is 7.11 Å². The van der Waals surface area contributed by atoms with Gasteiger partial charge in [-0.15, -0.1) is 0 Å². The molecular weight excluding hydrogens is 190 g/mol.